The molecule has 1 aromatic rings. The van der Waals surface area contributed by atoms with Crippen molar-refractivity contribution >= 4 is 6.08 Å². The van der Waals surface area contributed by atoms with Crippen molar-refractivity contribution in [3.8, 4) is 0 Å². The van der Waals surface area contributed by atoms with Gasteiger partial charge in [0.15, 0.2) is 0 Å². The molecule has 1 aromatic carbocycles. The Morgan fingerprint density at radius 3 is 2.50 bits per heavy atom. The van der Waals surface area contributed by atoms with Crippen LogP contribution in [0.4, 0.5) is 0 Å². The molecule has 0 bridgehead atoms. The zero-order valence-corrected chi connectivity index (χ0v) is 7.77. The van der Waals surface area contributed by atoms with Crippen molar-refractivity contribution in [2.45, 2.75) is 6.92 Å². The lowest BCUT2D eigenvalue weighted by atomic mass is 10.1. The van der Waals surface area contributed by atoms with Crippen LogP contribution in [0.25, 0.3) is 6.08 Å². The van der Waals surface area contributed by atoms with E-state index in [0.717, 1.165) is 5.56 Å². The lowest BCUT2D eigenvalue weighted by Crippen LogP contribution is -2.14. The largest absolute Gasteiger partial charge is 0.314 e. The van der Waals surface area contributed by atoms with E-state index in [1.165, 1.54) is 0 Å². The highest BCUT2D eigenvalue weighted by Gasteiger charge is 2.10. The first kappa shape index (κ1) is 10.6. The molecule has 0 aliphatic rings. The summed E-state index contributed by atoms with van der Waals surface area (Å²) in [6, 6.07) is 7.07. The quantitative estimate of drug-likeness (QED) is 0.567. The van der Waals surface area contributed by atoms with Crippen molar-refractivity contribution in [3.63, 3.8) is 0 Å². The van der Waals surface area contributed by atoms with Crippen molar-refractivity contribution in [2.24, 2.45) is 5.18 Å². The van der Waals surface area contributed by atoms with Crippen LogP contribution in [0.15, 0.2) is 35.5 Å². The molecule has 0 saturated carbocycles. The van der Waals surface area contributed by atoms with Crippen LogP contribution in [0.5, 0.6) is 0 Å². The maximum Gasteiger partial charge on any atom is 0.247 e. The van der Waals surface area contributed by atoms with Gasteiger partial charge in [-0.1, -0.05) is 36.4 Å². The highest BCUT2D eigenvalue weighted by molar-refractivity contribution is 5.50. The SMILES string of the molecule is C/C=C/c1ccc([C](N=O)NO)cc1. The average molecular weight is 191 g/mol. The summed E-state index contributed by atoms with van der Waals surface area (Å²) in [4.78, 5) is 10.2. The molecule has 0 atom stereocenters. The Kier molecular flexibility index (Phi) is 3.97. The Labute approximate surface area is 82.2 Å². The maximum atomic E-state index is 10.2. The molecule has 4 nitrogen and oxygen atoms in total. The topological polar surface area (TPSA) is 61.7 Å². The number of allylic oxidation sites excluding steroid dienone is 1. The van der Waals surface area contributed by atoms with Crippen LogP contribution in [0.3, 0.4) is 0 Å². The minimum atomic E-state index is -0.0861. The predicted molar refractivity (Wildman–Crippen MR) is 54.2 cm³/mol. The molecule has 0 aliphatic heterocycles. The van der Waals surface area contributed by atoms with Gasteiger partial charge in [-0.25, -0.2) is 0 Å². The first-order chi connectivity index (χ1) is 6.81. The zero-order valence-electron chi connectivity index (χ0n) is 7.77. The summed E-state index contributed by atoms with van der Waals surface area (Å²) < 4.78 is 0. The Morgan fingerprint density at radius 1 is 1.43 bits per heavy atom. The molecule has 14 heavy (non-hydrogen) atoms. The standard InChI is InChI=1S/C10H11N2O2/c1-2-3-8-4-6-9(7-5-8)10(11-13)12-14/h2-7,11,13H,1H3/b3-2+. The third-order valence-corrected chi connectivity index (χ3v) is 1.74. The van der Waals surface area contributed by atoms with Gasteiger partial charge in [-0.05, 0) is 17.7 Å². The molecule has 0 aliphatic carbocycles. The molecule has 0 unspecified atom stereocenters. The number of hydrogen-bond donors (Lipinski definition) is 2. The van der Waals surface area contributed by atoms with Gasteiger partial charge in [0, 0.05) is 5.56 Å². The summed E-state index contributed by atoms with van der Waals surface area (Å²) in [5.74, 6) is 0. The van der Waals surface area contributed by atoms with Gasteiger partial charge in [0.25, 0.3) is 0 Å². The Balaban J connectivity index is 2.86. The van der Waals surface area contributed by atoms with Crippen LogP contribution >= 0.6 is 0 Å². The van der Waals surface area contributed by atoms with Crippen LogP contribution in [0.2, 0.25) is 0 Å². The summed E-state index contributed by atoms with van der Waals surface area (Å²) in [5.41, 5.74) is 3.32. The van der Waals surface area contributed by atoms with Gasteiger partial charge in [-0.15, -0.1) is 4.91 Å². The number of nitroso groups, excluding NO2 is 1. The third kappa shape index (κ3) is 2.48. The third-order valence-electron chi connectivity index (χ3n) is 1.74. The average Bonchev–Trinajstić information content (AvgIpc) is 2.23. The number of nitrogens with zero attached hydrogens (tertiary/aromatic N) is 1. The monoisotopic (exact) mass is 191 g/mol. The van der Waals surface area contributed by atoms with Gasteiger partial charge >= 0.3 is 0 Å². The second-order valence-corrected chi connectivity index (χ2v) is 2.67. The van der Waals surface area contributed by atoms with E-state index in [1.807, 2.05) is 31.2 Å². The van der Waals surface area contributed by atoms with E-state index in [2.05, 4.69) is 5.18 Å². The van der Waals surface area contributed by atoms with Crippen LogP contribution < -0.4 is 5.48 Å². The second kappa shape index (κ2) is 5.26. The molecule has 0 spiro atoms. The number of rotatable bonds is 4. The van der Waals surface area contributed by atoms with Gasteiger partial charge in [0.1, 0.15) is 0 Å². The van der Waals surface area contributed by atoms with Gasteiger partial charge in [0.05, 0.1) is 0 Å². The summed E-state index contributed by atoms with van der Waals surface area (Å²) in [5, 5.41) is 11.2. The fourth-order valence-corrected chi connectivity index (χ4v) is 1.08. The van der Waals surface area contributed by atoms with Gasteiger partial charge in [-0.2, -0.15) is 5.48 Å². The van der Waals surface area contributed by atoms with Crippen LogP contribution in [0.1, 0.15) is 18.1 Å². The van der Waals surface area contributed by atoms with Crippen molar-refractivity contribution < 1.29 is 5.21 Å². The first-order valence-corrected chi connectivity index (χ1v) is 4.15. The Bertz CT molecular complexity index is 319. The van der Waals surface area contributed by atoms with Crippen molar-refractivity contribution in [2.75, 3.05) is 0 Å². The lowest BCUT2D eigenvalue weighted by molar-refractivity contribution is 0.178. The highest BCUT2D eigenvalue weighted by atomic mass is 16.5. The fraction of sp³-hybridized carbons (Fsp3) is 0.100. The summed E-state index contributed by atoms with van der Waals surface area (Å²) in [6.45, 7) is 1.92. The molecule has 1 radical (unpaired) electrons. The number of hydroxylamine groups is 1. The van der Waals surface area contributed by atoms with Crippen LogP contribution in [0, 0.1) is 11.1 Å². The molecule has 0 saturated heterocycles. The molecule has 4 heteroatoms. The zero-order chi connectivity index (χ0) is 10.4. The van der Waals surface area contributed by atoms with Crippen molar-refractivity contribution in [1.29, 1.82) is 0 Å². The Morgan fingerprint density at radius 2 is 2.07 bits per heavy atom. The molecular formula is C10H11N2O2. The first-order valence-electron chi connectivity index (χ1n) is 4.15. The van der Waals surface area contributed by atoms with Crippen molar-refractivity contribution in [3.05, 3.63) is 52.5 Å². The number of benzene rings is 1. The molecule has 2 N–H and O–H groups in total. The smallest absolute Gasteiger partial charge is 0.247 e. The number of nitrogens with one attached hydrogen (secondary N) is 1. The van der Waals surface area contributed by atoms with E-state index in [9.17, 15) is 4.91 Å². The van der Waals surface area contributed by atoms with E-state index in [0.29, 0.717) is 5.56 Å². The molecule has 0 heterocycles. The normalized spacial score (nSPS) is 11.1. The lowest BCUT2D eigenvalue weighted by Gasteiger charge is -2.04. The van der Waals surface area contributed by atoms with Gasteiger partial charge in [-0.3, -0.25) is 0 Å². The molecule has 73 valence electrons. The fourth-order valence-electron chi connectivity index (χ4n) is 1.08. The van der Waals surface area contributed by atoms with Crippen LogP contribution in [-0.2, 0) is 0 Å². The minimum absolute atomic E-state index is 0.0861. The predicted octanol–water partition coefficient (Wildman–Crippen LogP) is 2.30. The van der Waals surface area contributed by atoms with Gasteiger partial charge in [0.2, 0.25) is 6.17 Å². The second-order valence-electron chi connectivity index (χ2n) is 2.67. The van der Waals surface area contributed by atoms with Crippen molar-refractivity contribution in [1.82, 2.24) is 5.48 Å². The van der Waals surface area contributed by atoms with E-state index in [4.69, 9.17) is 5.21 Å². The van der Waals surface area contributed by atoms with E-state index in [1.54, 1.807) is 17.6 Å². The summed E-state index contributed by atoms with van der Waals surface area (Å²) in [7, 11) is 0. The van der Waals surface area contributed by atoms with Gasteiger partial charge < -0.3 is 5.21 Å². The highest BCUT2D eigenvalue weighted by Crippen LogP contribution is 2.14. The van der Waals surface area contributed by atoms with E-state index in [-0.39, 0.29) is 6.17 Å². The minimum Gasteiger partial charge on any atom is -0.314 e. The Hall–Kier alpha value is -1.52. The molecule has 0 fully saturated rings. The maximum absolute atomic E-state index is 10.2. The molecule has 1 rings (SSSR count). The molecule has 0 amide bonds. The van der Waals surface area contributed by atoms with E-state index < -0.39 is 0 Å². The van der Waals surface area contributed by atoms with Crippen LogP contribution in [-0.4, -0.2) is 5.21 Å². The number of hydrogen-bond acceptors (Lipinski definition) is 4. The summed E-state index contributed by atoms with van der Waals surface area (Å²) >= 11 is 0. The molecule has 0 aromatic heterocycles. The molecular weight excluding hydrogens is 180 g/mol. The van der Waals surface area contributed by atoms with E-state index >= 15 is 0 Å². The summed E-state index contributed by atoms with van der Waals surface area (Å²) in [6.07, 6.45) is 3.77.